The zero-order valence-electron chi connectivity index (χ0n) is 14.5. The van der Waals surface area contributed by atoms with Gasteiger partial charge in [-0.05, 0) is 57.0 Å². The maximum Gasteiger partial charge on any atom is 0.319 e. The Labute approximate surface area is 177 Å². The standard InChI is InChI=1S/C18H13Br2N7O/c1-10(26-18(28)27-14-9-25-15(20)6-12(14)19)16-17(23-5-4-22-16)13-3-2-11(7-21)8-24-13/h2-6,8-10H,1H3,(H2,26,27,28)/t10-/m0/s1. The summed E-state index contributed by atoms with van der Waals surface area (Å²) in [6.07, 6.45) is 6.10. The van der Waals surface area contributed by atoms with Crippen molar-refractivity contribution in [1.82, 2.24) is 25.3 Å². The molecule has 8 nitrogen and oxygen atoms in total. The zero-order chi connectivity index (χ0) is 20.1. The molecular weight excluding hydrogens is 490 g/mol. The van der Waals surface area contributed by atoms with Gasteiger partial charge >= 0.3 is 6.03 Å². The van der Waals surface area contributed by atoms with Gasteiger partial charge in [0, 0.05) is 23.1 Å². The Morgan fingerprint density at radius 1 is 1.14 bits per heavy atom. The van der Waals surface area contributed by atoms with Crippen LogP contribution in [0.5, 0.6) is 0 Å². The van der Waals surface area contributed by atoms with E-state index in [4.69, 9.17) is 5.26 Å². The number of nitrogens with one attached hydrogen (secondary N) is 2. The smallest absolute Gasteiger partial charge is 0.319 e. The van der Waals surface area contributed by atoms with Gasteiger partial charge in [-0.1, -0.05) is 0 Å². The van der Waals surface area contributed by atoms with E-state index in [0.717, 1.165) is 0 Å². The predicted octanol–water partition coefficient (Wildman–Crippen LogP) is 4.21. The van der Waals surface area contributed by atoms with Gasteiger partial charge in [0.25, 0.3) is 0 Å². The molecule has 2 N–H and O–H groups in total. The summed E-state index contributed by atoms with van der Waals surface area (Å²) in [5.41, 5.74) is 2.64. The molecule has 3 aromatic rings. The molecule has 0 fully saturated rings. The van der Waals surface area contributed by atoms with Crippen molar-refractivity contribution in [2.24, 2.45) is 0 Å². The maximum absolute atomic E-state index is 12.4. The molecule has 0 aliphatic heterocycles. The third-order valence-corrected chi connectivity index (χ3v) is 4.78. The second-order valence-corrected chi connectivity index (χ2v) is 7.31. The topological polar surface area (TPSA) is 116 Å². The van der Waals surface area contributed by atoms with E-state index in [0.29, 0.717) is 37.4 Å². The highest BCUT2D eigenvalue weighted by Crippen LogP contribution is 2.25. The third-order valence-electron chi connectivity index (χ3n) is 3.69. The number of pyridine rings is 2. The second kappa shape index (κ2) is 8.86. The number of rotatable bonds is 4. The molecule has 0 saturated heterocycles. The molecule has 28 heavy (non-hydrogen) atoms. The van der Waals surface area contributed by atoms with E-state index in [1.807, 2.05) is 6.07 Å². The van der Waals surface area contributed by atoms with Crippen molar-refractivity contribution in [3.63, 3.8) is 0 Å². The average molecular weight is 503 g/mol. The van der Waals surface area contributed by atoms with E-state index in [1.54, 1.807) is 37.5 Å². The molecule has 2 amide bonds. The maximum atomic E-state index is 12.4. The summed E-state index contributed by atoms with van der Waals surface area (Å²) in [7, 11) is 0. The van der Waals surface area contributed by atoms with Crippen molar-refractivity contribution < 1.29 is 4.79 Å². The van der Waals surface area contributed by atoms with Crippen LogP contribution in [0.2, 0.25) is 0 Å². The second-order valence-electron chi connectivity index (χ2n) is 5.64. The van der Waals surface area contributed by atoms with Gasteiger partial charge in [-0.3, -0.25) is 15.0 Å². The van der Waals surface area contributed by atoms with Crippen molar-refractivity contribution in [2.45, 2.75) is 13.0 Å². The number of carbonyl (C=O) groups is 1. The van der Waals surface area contributed by atoms with Crippen LogP contribution < -0.4 is 10.6 Å². The van der Waals surface area contributed by atoms with Crippen molar-refractivity contribution in [3.8, 4) is 17.5 Å². The van der Waals surface area contributed by atoms with E-state index in [-0.39, 0.29) is 0 Å². The summed E-state index contributed by atoms with van der Waals surface area (Å²) in [4.78, 5) is 29.4. The van der Waals surface area contributed by atoms with Crippen LogP contribution in [0.25, 0.3) is 11.4 Å². The number of nitriles is 1. The Bertz CT molecular complexity index is 1050. The number of hydrogen-bond acceptors (Lipinski definition) is 6. The van der Waals surface area contributed by atoms with Crippen LogP contribution >= 0.6 is 31.9 Å². The molecule has 0 unspecified atom stereocenters. The van der Waals surface area contributed by atoms with Crippen LogP contribution in [0.4, 0.5) is 10.5 Å². The van der Waals surface area contributed by atoms with Crippen molar-refractivity contribution in [1.29, 1.82) is 5.26 Å². The highest BCUT2D eigenvalue weighted by Gasteiger charge is 2.18. The number of amides is 2. The molecule has 0 aliphatic carbocycles. The predicted molar refractivity (Wildman–Crippen MR) is 110 cm³/mol. The Kier molecular flexibility index (Phi) is 6.28. The van der Waals surface area contributed by atoms with E-state index >= 15 is 0 Å². The Morgan fingerprint density at radius 2 is 1.93 bits per heavy atom. The lowest BCUT2D eigenvalue weighted by molar-refractivity contribution is 0.249. The summed E-state index contributed by atoms with van der Waals surface area (Å²) in [6, 6.07) is 6.25. The molecule has 0 bridgehead atoms. The molecule has 0 spiro atoms. The van der Waals surface area contributed by atoms with Crippen LogP contribution in [-0.4, -0.2) is 26.0 Å². The van der Waals surface area contributed by atoms with Crippen molar-refractivity contribution in [3.05, 3.63) is 63.3 Å². The first-order valence-corrected chi connectivity index (χ1v) is 9.62. The molecule has 0 aliphatic rings. The largest absolute Gasteiger partial charge is 0.330 e. The summed E-state index contributed by atoms with van der Waals surface area (Å²) in [5.74, 6) is 0. The van der Waals surface area contributed by atoms with Crippen LogP contribution in [0.15, 0.2) is 52.1 Å². The van der Waals surface area contributed by atoms with Crippen LogP contribution in [0.1, 0.15) is 24.2 Å². The highest BCUT2D eigenvalue weighted by atomic mass is 79.9. The van der Waals surface area contributed by atoms with Gasteiger partial charge in [0.1, 0.15) is 16.4 Å². The van der Waals surface area contributed by atoms with E-state index in [1.165, 1.54) is 12.4 Å². The van der Waals surface area contributed by atoms with Crippen molar-refractivity contribution >= 4 is 43.6 Å². The van der Waals surface area contributed by atoms with Gasteiger partial charge < -0.3 is 10.6 Å². The minimum atomic E-state index is -0.441. The fourth-order valence-corrected chi connectivity index (χ4v) is 3.44. The Balaban J connectivity index is 1.78. The molecule has 3 heterocycles. The third kappa shape index (κ3) is 4.68. The number of anilines is 1. The summed E-state index contributed by atoms with van der Waals surface area (Å²) < 4.78 is 1.34. The van der Waals surface area contributed by atoms with E-state index in [2.05, 4.69) is 62.4 Å². The molecule has 1 atom stereocenters. The number of urea groups is 1. The lowest BCUT2D eigenvalue weighted by atomic mass is 10.1. The molecule has 10 heteroatoms. The van der Waals surface area contributed by atoms with Gasteiger partial charge in [0.2, 0.25) is 0 Å². The monoisotopic (exact) mass is 501 g/mol. The Morgan fingerprint density at radius 3 is 2.61 bits per heavy atom. The molecule has 3 rings (SSSR count). The van der Waals surface area contributed by atoms with E-state index in [9.17, 15) is 4.79 Å². The molecule has 0 aromatic carbocycles. The SMILES string of the molecule is C[C@H](NC(=O)Nc1cnc(Br)cc1Br)c1nccnc1-c1ccc(C#N)cn1. The fraction of sp³-hybridized carbons (Fsp3) is 0.111. The molecular formula is C18H13Br2N7O. The van der Waals surface area contributed by atoms with Gasteiger partial charge in [0.05, 0.1) is 34.9 Å². The number of hydrogen-bond donors (Lipinski definition) is 2. The van der Waals surface area contributed by atoms with Gasteiger partial charge in [0.15, 0.2) is 0 Å². The van der Waals surface area contributed by atoms with Gasteiger partial charge in [-0.2, -0.15) is 5.26 Å². The highest BCUT2D eigenvalue weighted by molar-refractivity contribution is 9.11. The number of nitrogens with zero attached hydrogens (tertiary/aromatic N) is 5. The van der Waals surface area contributed by atoms with Gasteiger partial charge in [-0.25, -0.2) is 9.78 Å². The minimum Gasteiger partial charge on any atom is -0.330 e. The summed E-state index contributed by atoms with van der Waals surface area (Å²) in [5, 5.41) is 14.5. The first kappa shape index (κ1) is 19.9. The quantitative estimate of drug-likeness (QED) is 0.516. The number of carbonyl (C=O) groups excluding carboxylic acids is 1. The molecule has 0 radical (unpaired) electrons. The Hall–Kier alpha value is -2.90. The number of aromatic nitrogens is 4. The van der Waals surface area contributed by atoms with Crippen LogP contribution in [-0.2, 0) is 0 Å². The zero-order valence-corrected chi connectivity index (χ0v) is 17.7. The summed E-state index contributed by atoms with van der Waals surface area (Å²) in [6.45, 7) is 1.80. The summed E-state index contributed by atoms with van der Waals surface area (Å²) >= 11 is 6.64. The van der Waals surface area contributed by atoms with E-state index < -0.39 is 12.1 Å². The minimum absolute atomic E-state index is 0.415. The number of halogens is 2. The van der Waals surface area contributed by atoms with Crippen LogP contribution in [0, 0.1) is 11.3 Å². The lowest BCUT2D eigenvalue weighted by Crippen LogP contribution is -2.32. The average Bonchev–Trinajstić information content (AvgIpc) is 2.70. The normalized spacial score (nSPS) is 11.4. The van der Waals surface area contributed by atoms with Crippen LogP contribution in [0.3, 0.4) is 0 Å². The molecule has 3 aromatic heterocycles. The molecule has 0 saturated carbocycles. The molecule has 140 valence electrons. The fourth-order valence-electron chi connectivity index (χ4n) is 2.39. The lowest BCUT2D eigenvalue weighted by Gasteiger charge is -2.17. The first-order valence-electron chi connectivity index (χ1n) is 8.04. The first-order chi connectivity index (χ1) is 13.5. The van der Waals surface area contributed by atoms with Gasteiger partial charge in [-0.15, -0.1) is 0 Å². The van der Waals surface area contributed by atoms with Crippen molar-refractivity contribution in [2.75, 3.05) is 5.32 Å².